The fourth-order valence-electron chi connectivity index (χ4n) is 2.83. The lowest BCUT2D eigenvalue weighted by molar-refractivity contribution is 0.0997. The van der Waals surface area contributed by atoms with Crippen LogP contribution in [-0.2, 0) is 5.41 Å². The number of carbonyl (C=O) groups is 1. The minimum absolute atomic E-state index is 0.143. The molecule has 0 unspecified atom stereocenters. The van der Waals surface area contributed by atoms with Crippen molar-refractivity contribution in [2.24, 2.45) is 5.73 Å². The highest BCUT2D eigenvalue weighted by Crippen LogP contribution is 2.40. The summed E-state index contributed by atoms with van der Waals surface area (Å²) in [6.45, 7) is 2.26. The number of primary amides is 1. The van der Waals surface area contributed by atoms with Crippen LogP contribution in [0.2, 0.25) is 0 Å². The molecule has 0 radical (unpaired) electrons. The van der Waals surface area contributed by atoms with Crippen LogP contribution >= 0.6 is 0 Å². The van der Waals surface area contributed by atoms with Gasteiger partial charge < -0.3 is 5.73 Å². The van der Waals surface area contributed by atoms with Crippen molar-refractivity contribution in [3.63, 3.8) is 0 Å². The van der Waals surface area contributed by atoms with E-state index in [1.54, 1.807) is 0 Å². The van der Waals surface area contributed by atoms with Gasteiger partial charge in [-0.3, -0.25) is 4.79 Å². The third-order valence-corrected chi connectivity index (χ3v) is 3.80. The first-order valence-corrected chi connectivity index (χ1v) is 6.03. The number of amides is 1. The van der Waals surface area contributed by atoms with Crippen molar-refractivity contribution in [2.75, 3.05) is 0 Å². The molecule has 1 aliphatic carbocycles. The fourth-order valence-corrected chi connectivity index (χ4v) is 2.83. The van der Waals surface area contributed by atoms with E-state index in [1.807, 2.05) is 18.2 Å². The summed E-state index contributed by atoms with van der Waals surface area (Å²) in [5.41, 5.74) is 7.43. The number of carbonyl (C=O) groups excluding carboxylic acids is 1. The first-order chi connectivity index (χ1) is 7.63. The van der Waals surface area contributed by atoms with Crippen molar-refractivity contribution in [1.82, 2.24) is 0 Å². The van der Waals surface area contributed by atoms with Gasteiger partial charge in [-0.25, -0.2) is 0 Å². The normalized spacial score (nSPS) is 19.3. The number of nitrogens with two attached hydrogens (primary N) is 1. The van der Waals surface area contributed by atoms with Crippen molar-refractivity contribution in [1.29, 1.82) is 0 Å². The molecule has 16 heavy (non-hydrogen) atoms. The lowest BCUT2D eigenvalue weighted by Crippen LogP contribution is -2.28. The number of hydrogen-bond donors (Lipinski definition) is 1. The largest absolute Gasteiger partial charge is 0.366 e. The molecule has 1 aromatic carbocycles. The molecule has 0 atom stereocenters. The maximum Gasteiger partial charge on any atom is 0.248 e. The summed E-state index contributed by atoms with van der Waals surface area (Å²) in [6.07, 6.45) is 6.15. The minimum Gasteiger partial charge on any atom is -0.366 e. The van der Waals surface area contributed by atoms with E-state index in [2.05, 4.69) is 13.0 Å². The summed E-state index contributed by atoms with van der Waals surface area (Å²) in [5.74, 6) is -0.303. The summed E-state index contributed by atoms with van der Waals surface area (Å²) in [7, 11) is 0. The van der Waals surface area contributed by atoms with Crippen molar-refractivity contribution < 1.29 is 4.79 Å². The van der Waals surface area contributed by atoms with Crippen molar-refractivity contribution >= 4 is 5.91 Å². The van der Waals surface area contributed by atoms with Crippen molar-refractivity contribution in [3.05, 3.63) is 35.4 Å². The predicted molar refractivity (Wildman–Crippen MR) is 65.4 cm³/mol. The molecule has 2 N–H and O–H groups in total. The van der Waals surface area contributed by atoms with Crippen LogP contribution in [0, 0.1) is 0 Å². The molecule has 2 rings (SSSR count). The SMILES string of the molecule is CC1(c2ccccc2C(N)=O)CCCCC1. The van der Waals surface area contributed by atoms with Crippen LogP contribution in [-0.4, -0.2) is 5.91 Å². The lowest BCUT2D eigenvalue weighted by atomic mass is 9.69. The van der Waals surface area contributed by atoms with Crippen LogP contribution < -0.4 is 5.73 Å². The Balaban J connectivity index is 2.42. The lowest BCUT2D eigenvalue weighted by Gasteiger charge is -2.35. The summed E-state index contributed by atoms with van der Waals surface area (Å²) in [4.78, 5) is 11.4. The van der Waals surface area contributed by atoms with Crippen molar-refractivity contribution in [3.8, 4) is 0 Å². The second-order valence-electron chi connectivity index (χ2n) is 5.03. The van der Waals surface area contributed by atoms with Gasteiger partial charge in [0.15, 0.2) is 0 Å². The Bertz CT molecular complexity index is 391. The number of rotatable bonds is 2. The zero-order valence-electron chi connectivity index (χ0n) is 9.83. The van der Waals surface area contributed by atoms with Gasteiger partial charge in [-0.05, 0) is 29.9 Å². The van der Waals surface area contributed by atoms with Gasteiger partial charge >= 0.3 is 0 Å². The van der Waals surface area contributed by atoms with Gasteiger partial charge in [0.25, 0.3) is 0 Å². The zero-order chi connectivity index (χ0) is 11.6. The predicted octanol–water partition coefficient (Wildman–Crippen LogP) is 3.01. The van der Waals surface area contributed by atoms with Gasteiger partial charge in [-0.1, -0.05) is 44.4 Å². The van der Waals surface area contributed by atoms with Gasteiger partial charge in [0.1, 0.15) is 0 Å². The quantitative estimate of drug-likeness (QED) is 0.813. The van der Waals surface area contributed by atoms with E-state index in [4.69, 9.17) is 5.73 Å². The average Bonchev–Trinajstić information content (AvgIpc) is 2.30. The summed E-state index contributed by atoms with van der Waals surface area (Å²) >= 11 is 0. The Morgan fingerprint density at radius 3 is 2.44 bits per heavy atom. The van der Waals surface area contributed by atoms with Gasteiger partial charge in [0, 0.05) is 5.56 Å². The minimum atomic E-state index is -0.303. The smallest absolute Gasteiger partial charge is 0.248 e. The van der Waals surface area contributed by atoms with Gasteiger partial charge in [0.2, 0.25) is 5.91 Å². The first kappa shape index (κ1) is 11.2. The zero-order valence-corrected chi connectivity index (χ0v) is 9.83. The molecule has 1 fully saturated rings. The van der Waals surface area contributed by atoms with Crippen LogP contribution in [0.3, 0.4) is 0 Å². The molecule has 0 aliphatic heterocycles. The van der Waals surface area contributed by atoms with E-state index in [9.17, 15) is 4.79 Å². The summed E-state index contributed by atoms with van der Waals surface area (Å²) in [5, 5.41) is 0. The first-order valence-electron chi connectivity index (χ1n) is 6.03. The number of benzene rings is 1. The Hall–Kier alpha value is -1.31. The molecule has 1 aromatic rings. The Labute approximate surface area is 96.8 Å². The number of hydrogen-bond acceptors (Lipinski definition) is 1. The molecule has 86 valence electrons. The molecule has 0 aromatic heterocycles. The maximum atomic E-state index is 11.4. The van der Waals surface area contributed by atoms with Crippen molar-refractivity contribution in [2.45, 2.75) is 44.4 Å². The molecule has 1 saturated carbocycles. The van der Waals surface area contributed by atoms with Crippen LogP contribution in [0.25, 0.3) is 0 Å². The van der Waals surface area contributed by atoms with Crippen LogP contribution in [0.5, 0.6) is 0 Å². The van der Waals surface area contributed by atoms with E-state index in [-0.39, 0.29) is 11.3 Å². The highest BCUT2D eigenvalue weighted by molar-refractivity contribution is 5.94. The average molecular weight is 217 g/mol. The van der Waals surface area contributed by atoms with E-state index in [1.165, 1.54) is 19.3 Å². The van der Waals surface area contributed by atoms with E-state index in [0.717, 1.165) is 18.4 Å². The molecule has 0 bridgehead atoms. The topological polar surface area (TPSA) is 43.1 Å². The van der Waals surface area contributed by atoms with Crippen LogP contribution in [0.4, 0.5) is 0 Å². The molecule has 2 heteroatoms. The Kier molecular flexibility index (Phi) is 2.99. The molecular formula is C14H19NO. The molecule has 0 heterocycles. The molecule has 2 nitrogen and oxygen atoms in total. The third kappa shape index (κ3) is 1.97. The molecular weight excluding hydrogens is 198 g/mol. The van der Waals surface area contributed by atoms with Gasteiger partial charge in [0.05, 0.1) is 0 Å². The van der Waals surface area contributed by atoms with Crippen LogP contribution in [0.1, 0.15) is 54.9 Å². The third-order valence-electron chi connectivity index (χ3n) is 3.80. The summed E-state index contributed by atoms with van der Waals surface area (Å²) < 4.78 is 0. The molecule has 1 amide bonds. The van der Waals surface area contributed by atoms with E-state index < -0.39 is 0 Å². The second-order valence-corrected chi connectivity index (χ2v) is 5.03. The highest BCUT2D eigenvalue weighted by atomic mass is 16.1. The molecule has 0 spiro atoms. The monoisotopic (exact) mass is 217 g/mol. The van der Waals surface area contributed by atoms with Gasteiger partial charge in [-0.2, -0.15) is 0 Å². The van der Waals surface area contributed by atoms with Gasteiger partial charge in [-0.15, -0.1) is 0 Å². The fraction of sp³-hybridized carbons (Fsp3) is 0.500. The summed E-state index contributed by atoms with van der Waals surface area (Å²) in [6, 6.07) is 7.79. The second kappa shape index (κ2) is 4.28. The standard InChI is InChI=1S/C14H19NO/c1-14(9-5-2-6-10-14)12-8-4-3-7-11(12)13(15)16/h3-4,7-8H,2,5-6,9-10H2,1H3,(H2,15,16). The Morgan fingerprint density at radius 1 is 1.19 bits per heavy atom. The van der Waals surface area contributed by atoms with E-state index >= 15 is 0 Å². The maximum absolute atomic E-state index is 11.4. The van der Waals surface area contributed by atoms with E-state index in [0.29, 0.717) is 5.56 Å². The van der Waals surface area contributed by atoms with Crippen LogP contribution in [0.15, 0.2) is 24.3 Å². The molecule has 1 aliphatic rings. The Morgan fingerprint density at radius 2 is 1.81 bits per heavy atom. The molecule has 0 saturated heterocycles. The highest BCUT2D eigenvalue weighted by Gasteiger charge is 2.31.